The average Bonchev–Trinajstić information content (AvgIpc) is 3.16. The first-order valence-corrected chi connectivity index (χ1v) is 8.14. The molecule has 2 fully saturated rings. The molecule has 2 aliphatic rings. The van der Waals surface area contributed by atoms with Crippen LogP contribution in [0.5, 0.6) is 0 Å². The van der Waals surface area contributed by atoms with Crippen molar-refractivity contribution in [3.63, 3.8) is 0 Å². The molecule has 4 nitrogen and oxygen atoms in total. The lowest BCUT2D eigenvalue weighted by Gasteiger charge is -2.38. The third kappa shape index (κ3) is 2.56. The predicted octanol–water partition coefficient (Wildman–Crippen LogP) is 2.42. The van der Waals surface area contributed by atoms with E-state index in [9.17, 15) is 9.59 Å². The van der Waals surface area contributed by atoms with Gasteiger partial charge in [-0.15, -0.1) is 11.3 Å². The first-order chi connectivity index (χ1) is 9.60. The summed E-state index contributed by atoms with van der Waals surface area (Å²) in [4.78, 5) is 27.6. The molecule has 2 unspecified atom stereocenters. The topological polar surface area (TPSA) is 49.4 Å². The highest BCUT2D eigenvalue weighted by molar-refractivity contribution is 7.16. The van der Waals surface area contributed by atoms with Gasteiger partial charge in [0.1, 0.15) is 12.1 Å². The van der Waals surface area contributed by atoms with Gasteiger partial charge in [0.05, 0.1) is 10.9 Å². The number of hydrogen-bond donors (Lipinski definition) is 1. The van der Waals surface area contributed by atoms with E-state index in [0.29, 0.717) is 23.2 Å². The summed E-state index contributed by atoms with van der Waals surface area (Å²) in [6.45, 7) is 2.40. The summed E-state index contributed by atoms with van der Waals surface area (Å²) in [5, 5.41) is 2.86. The quantitative estimate of drug-likeness (QED) is 0.928. The lowest BCUT2D eigenvalue weighted by atomic mass is 10.0. The molecule has 2 atom stereocenters. The van der Waals surface area contributed by atoms with Gasteiger partial charge in [-0.25, -0.2) is 0 Å². The van der Waals surface area contributed by atoms with Gasteiger partial charge in [0, 0.05) is 4.88 Å². The fourth-order valence-electron chi connectivity index (χ4n) is 2.74. The molecular formula is C14H17ClN2O2S. The Kier molecular flexibility index (Phi) is 3.73. The van der Waals surface area contributed by atoms with Crippen LogP contribution in [0.3, 0.4) is 0 Å². The molecule has 0 spiro atoms. The smallest absolute Gasteiger partial charge is 0.246 e. The average molecular weight is 313 g/mol. The number of rotatable bonds is 4. The fraction of sp³-hybridized carbons (Fsp3) is 0.571. The summed E-state index contributed by atoms with van der Waals surface area (Å²) in [6.07, 6.45) is 2.69. The maximum atomic E-state index is 12.5. The third-order valence-electron chi connectivity index (χ3n) is 3.93. The Bertz CT molecular complexity index is 541. The highest BCUT2D eigenvalue weighted by Gasteiger charge is 2.47. The number of piperazine rings is 1. The highest BCUT2D eigenvalue weighted by atomic mass is 35.5. The molecule has 108 valence electrons. The molecule has 2 amide bonds. The molecule has 1 saturated carbocycles. The van der Waals surface area contributed by atoms with Crippen molar-refractivity contribution in [2.45, 2.75) is 44.8 Å². The van der Waals surface area contributed by atoms with Crippen molar-refractivity contribution in [1.82, 2.24) is 10.2 Å². The van der Waals surface area contributed by atoms with Crippen LogP contribution in [0.2, 0.25) is 4.34 Å². The summed E-state index contributed by atoms with van der Waals surface area (Å²) in [6, 6.07) is 3.08. The van der Waals surface area contributed by atoms with Crippen LogP contribution in [-0.4, -0.2) is 28.8 Å². The van der Waals surface area contributed by atoms with Gasteiger partial charge in [0.15, 0.2) is 0 Å². The summed E-state index contributed by atoms with van der Waals surface area (Å²) in [5.41, 5.74) is 0. The van der Waals surface area contributed by atoms with E-state index in [1.807, 2.05) is 19.1 Å². The van der Waals surface area contributed by atoms with E-state index in [1.165, 1.54) is 11.3 Å². The number of nitrogens with zero attached hydrogens (tertiary/aromatic N) is 1. The fourth-order valence-corrected chi connectivity index (χ4v) is 3.82. The first kappa shape index (κ1) is 13.9. The van der Waals surface area contributed by atoms with Crippen LogP contribution in [0.25, 0.3) is 0 Å². The maximum Gasteiger partial charge on any atom is 0.246 e. The maximum absolute atomic E-state index is 12.5. The zero-order valence-corrected chi connectivity index (χ0v) is 12.8. The molecule has 3 rings (SSSR count). The molecule has 1 aromatic rings. The van der Waals surface area contributed by atoms with E-state index in [0.717, 1.165) is 17.7 Å². The molecule has 1 N–H and O–H groups in total. The number of amides is 2. The Morgan fingerprint density at radius 1 is 1.40 bits per heavy atom. The van der Waals surface area contributed by atoms with Gasteiger partial charge in [-0.3, -0.25) is 9.59 Å². The van der Waals surface area contributed by atoms with E-state index < -0.39 is 0 Å². The van der Waals surface area contributed by atoms with E-state index in [1.54, 1.807) is 4.90 Å². The molecule has 0 bridgehead atoms. The number of thiophene rings is 1. The second kappa shape index (κ2) is 5.37. The molecular weight excluding hydrogens is 296 g/mol. The van der Waals surface area contributed by atoms with Crippen molar-refractivity contribution in [3.8, 4) is 0 Å². The largest absolute Gasteiger partial charge is 0.343 e. The summed E-state index contributed by atoms with van der Waals surface area (Å²) >= 11 is 7.41. The van der Waals surface area contributed by atoms with Crippen LogP contribution in [0.4, 0.5) is 0 Å². The normalized spacial score (nSPS) is 26.8. The van der Waals surface area contributed by atoms with Crippen molar-refractivity contribution in [3.05, 3.63) is 21.3 Å². The van der Waals surface area contributed by atoms with Gasteiger partial charge < -0.3 is 10.2 Å². The Balaban J connectivity index is 1.85. The van der Waals surface area contributed by atoms with Gasteiger partial charge >= 0.3 is 0 Å². The first-order valence-electron chi connectivity index (χ1n) is 6.95. The standard InChI is InChI=1S/C14H17ClN2O2S/c1-2-10-14(19)17(7-9-5-6-11(15)20-9)12(8-3-4-8)13(18)16-10/h5-6,8,10,12H,2-4,7H2,1H3,(H,16,18). The van der Waals surface area contributed by atoms with E-state index in [-0.39, 0.29) is 23.9 Å². The van der Waals surface area contributed by atoms with E-state index in [2.05, 4.69) is 5.32 Å². The molecule has 1 aliphatic heterocycles. The Morgan fingerprint density at radius 2 is 2.15 bits per heavy atom. The van der Waals surface area contributed by atoms with Crippen LogP contribution in [0.1, 0.15) is 31.1 Å². The van der Waals surface area contributed by atoms with E-state index >= 15 is 0 Å². The number of hydrogen-bond acceptors (Lipinski definition) is 3. The van der Waals surface area contributed by atoms with Crippen molar-refractivity contribution in [2.75, 3.05) is 0 Å². The van der Waals surface area contributed by atoms with Crippen molar-refractivity contribution < 1.29 is 9.59 Å². The SMILES string of the molecule is CCC1NC(=O)C(C2CC2)N(Cc2ccc(Cl)s2)C1=O. The predicted molar refractivity (Wildman–Crippen MR) is 78.6 cm³/mol. The van der Waals surface area contributed by atoms with E-state index in [4.69, 9.17) is 11.6 Å². The molecule has 0 radical (unpaired) electrons. The minimum absolute atomic E-state index is 0.00148. The zero-order valence-electron chi connectivity index (χ0n) is 11.3. The number of halogens is 1. The molecule has 1 saturated heterocycles. The highest BCUT2D eigenvalue weighted by Crippen LogP contribution is 2.38. The van der Waals surface area contributed by atoms with Gasteiger partial charge in [-0.1, -0.05) is 18.5 Å². The van der Waals surface area contributed by atoms with Gasteiger partial charge in [-0.2, -0.15) is 0 Å². The Morgan fingerprint density at radius 3 is 2.70 bits per heavy atom. The van der Waals surface area contributed by atoms with Crippen molar-refractivity contribution >= 4 is 34.8 Å². The minimum atomic E-state index is -0.382. The van der Waals surface area contributed by atoms with Crippen molar-refractivity contribution in [1.29, 1.82) is 0 Å². The number of carbonyl (C=O) groups excluding carboxylic acids is 2. The summed E-state index contributed by atoms with van der Waals surface area (Å²) in [5.74, 6) is 0.363. The molecule has 0 aromatic carbocycles. The molecule has 2 heterocycles. The van der Waals surface area contributed by atoms with Crippen LogP contribution in [-0.2, 0) is 16.1 Å². The second-order valence-corrected chi connectivity index (χ2v) is 7.22. The second-order valence-electron chi connectivity index (χ2n) is 5.42. The lowest BCUT2D eigenvalue weighted by molar-refractivity contribution is -0.151. The van der Waals surface area contributed by atoms with Crippen LogP contribution in [0, 0.1) is 5.92 Å². The van der Waals surface area contributed by atoms with Gasteiger partial charge in [-0.05, 0) is 37.3 Å². The molecule has 1 aliphatic carbocycles. The number of carbonyl (C=O) groups is 2. The van der Waals surface area contributed by atoms with Gasteiger partial charge in [0.25, 0.3) is 0 Å². The van der Waals surface area contributed by atoms with Crippen LogP contribution in [0.15, 0.2) is 12.1 Å². The van der Waals surface area contributed by atoms with Gasteiger partial charge in [0.2, 0.25) is 11.8 Å². The van der Waals surface area contributed by atoms with Crippen LogP contribution < -0.4 is 5.32 Å². The van der Waals surface area contributed by atoms with Crippen molar-refractivity contribution in [2.24, 2.45) is 5.92 Å². The monoisotopic (exact) mass is 312 g/mol. The summed E-state index contributed by atoms with van der Waals surface area (Å²) in [7, 11) is 0. The zero-order chi connectivity index (χ0) is 14.3. The molecule has 20 heavy (non-hydrogen) atoms. The molecule has 6 heteroatoms. The molecule has 1 aromatic heterocycles. The minimum Gasteiger partial charge on any atom is -0.343 e. The summed E-state index contributed by atoms with van der Waals surface area (Å²) < 4.78 is 0.712. The third-order valence-corrected chi connectivity index (χ3v) is 5.15. The Labute approximate surface area is 127 Å². The lowest BCUT2D eigenvalue weighted by Crippen LogP contribution is -2.63. The van der Waals surface area contributed by atoms with Crippen LogP contribution >= 0.6 is 22.9 Å². The number of nitrogens with one attached hydrogen (secondary N) is 1. The Hall–Kier alpha value is -1.07.